The van der Waals surface area contributed by atoms with Gasteiger partial charge in [-0.15, -0.1) is 0 Å². The lowest BCUT2D eigenvalue weighted by molar-refractivity contribution is 0.0987. The van der Waals surface area contributed by atoms with Crippen molar-refractivity contribution in [3.63, 3.8) is 0 Å². The molecule has 3 rings (SSSR count). The summed E-state index contributed by atoms with van der Waals surface area (Å²) in [7, 11) is 1.60. The maximum atomic E-state index is 12.5. The van der Waals surface area contributed by atoms with Gasteiger partial charge >= 0.3 is 0 Å². The zero-order chi connectivity index (χ0) is 16.8. The van der Waals surface area contributed by atoms with Gasteiger partial charge in [0, 0.05) is 20.2 Å². The Labute approximate surface area is 142 Å². The predicted octanol–water partition coefficient (Wildman–Crippen LogP) is 4.06. The third-order valence-electron chi connectivity index (χ3n) is 4.27. The number of ether oxygens (including phenoxy) is 1. The molecule has 5 nitrogen and oxygen atoms in total. The summed E-state index contributed by atoms with van der Waals surface area (Å²) in [5.74, 6) is 0.704. The minimum atomic E-state index is -0.236. The Kier molecular flexibility index (Phi) is 5.54. The highest BCUT2D eigenvalue weighted by molar-refractivity contribution is 6.04. The number of carbonyl (C=O) groups excluding carboxylic acids is 1. The number of anilines is 2. The average Bonchev–Trinajstić information content (AvgIpc) is 2.90. The number of methoxy groups -OCH3 is 1. The second-order valence-electron chi connectivity index (χ2n) is 6.07. The third-order valence-corrected chi connectivity index (χ3v) is 4.27. The predicted molar refractivity (Wildman–Crippen MR) is 94.5 cm³/mol. The topological polar surface area (TPSA) is 54.7 Å². The highest BCUT2D eigenvalue weighted by Crippen LogP contribution is 2.28. The zero-order valence-electron chi connectivity index (χ0n) is 14.1. The number of para-hydroxylation sites is 2. The normalized spacial score (nSPS) is 15.1. The van der Waals surface area contributed by atoms with Crippen molar-refractivity contribution in [2.24, 2.45) is 0 Å². The third kappa shape index (κ3) is 3.97. The summed E-state index contributed by atoms with van der Waals surface area (Å²) in [4.78, 5) is 14.8. The maximum Gasteiger partial charge on any atom is 0.291 e. The molecule has 1 amide bonds. The van der Waals surface area contributed by atoms with Gasteiger partial charge in [0.15, 0.2) is 5.76 Å². The van der Waals surface area contributed by atoms with Crippen LogP contribution >= 0.6 is 0 Å². The van der Waals surface area contributed by atoms with E-state index in [1.54, 1.807) is 19.2 Å². The molecular weight excluding hydrogens is 304 g/mol. The van der Waals surface area contributed by atoms with Crippen molar-refractivity contribution in [1.29, 1.82) is 0 Å². The molecule has 5 heteroatoms. The monoisotopic (exact) mass is 328 g/mol. The number of hydrogen-bond donors (Lipinski definition) is 1. The van der Waals surface area contributed by atoms with E-state index in [4.69, 9.17) is 9.15 Å². The second-order valence-corrected chi connectivity index (χ2v) is 6.07. The van der Waals surface area contributed by atoms with E-state index < -0.39 is 0 Å². The summed E-state index contributed by atoms with van der Waals surface area (Å²) < 4.78 is 10.5. The molecule has 2 aromatic rings. The van der Waals surface area contributed by atoms with Gasteiger partial charge in [-0.05, 0) is 37.1 Å². The Morgan fingerprint density at radius 3 is 2.62 bits per heavy atom. The summed E-state index contributed by atoms with van der Waals surface area (Å²) in [6.45, 7) is 2.43. The molecule has 128 valence electrons. The number of rotatable bonds is 5. The maximum absolute atomic E-state index is 12.5. The van der Waals surface area contributed by atoms with Crippen molar-refractivity contribution in [3.8, 4) is 0 Å². The van der Waals surface area contributed by atoms with E-state index in [0.717, 1.165) is 24.5 Å². The molecule has 0 radical (unpaired) electrons. The van der Waals surface area contributed by atoms with Gasteiger partial charge < -0.3 is 19.4 Å². The summed E-state index contributed by atoms with van der Waals surface area (Å²) in [5.41, 5.74) is 1.91. The Hall–Kier alpha value is -2.27. The molecular formula is C19H24N2O3. The first-order valence-corrected chi connectivity index (χ1v) is 8.51. The van der Waals surface area contributed by atoms with Crippen LogP contribution in [0.4, 0.5) is 11.4 Å². The van der Waals surface area contributed by atoms with E-state index in [2.05, 4.69) is 16.3 Å². The molecule has 0 bridgehead atoms. The quantitative estimate of drug-likeness (QED) is 0.899. The van der Waals surface area contributed by atoms with Crippen LogP contribution in [0.5, 0.6) is 0 Å². The summed E-state index contributed by atoms with van der Waals surface area (Å²) in [5, 5.41) is 2.98. The first-order valence-electron chi connectivity index (χ1n) is 8.51. The number of carbonyl (C=O) groups is 1. The van der Waals surface area contributed by atoms with Crippen molar-refractivity contribution in [3.05, 3.63) is 47.9 Å². The second kappa shape index (κ2) is 8.02. The Bertz CT molecular complexity index is 673. The lowest BCUT2D eigenvalue weighted by atomic mass is 10.2. The highest BCUT2D eigenvalue weighted by Gasteiger charge is 2.17. The molecule has 2 heterocycles. The van der Waals surface area contributed by atoms with Gasteiger partial charge in [0.05, 0.1) is 11.4 Å². The number of nitrogens with one attached hydrogen (secondary N) is 1. The molecule has 0 saturated carbocycles. The number of furan rings is 1. The van der Waals surface area contributed by atoms with Crippen LogP contribution < -0.4 is 10.2 Å². The van der Waals surface area contributed by atoms with Crippen molar-refractivity contribution in [2.45, 2.75) is 32.3 Å². The molecule has 0 aliphatic carbocycles. The van der Waals surface area contributed by atoms with E-state index >= 15 is 0 Å². The largest absolute Gasteiger partial charge is 0.453 e. The first kappa shape index (κ1) is 16.6. The SMILES string of the molecule is COCc1ccc(C(=O)Nc2ccccc2N2CCCCCC2)o1. The van der Waals surface area contributed by atoms with E-state index in [1.807, 2.05) is 18.2 Å². The van der Waals surface area contributed by atoms with Crippen LogP contribution in [-0.2, 0) is 11.3 Å². The minimum Gasteiger partial charge on any atom is -0.453 e. The lowest BCUT2D eigenvalue weighted by Crippen LogP contribution is -2.25. The molecule has 24 heavy (non-hydrogen) atoms. The van der Waals surface area contributed by atoms with Crippen molar-refractivity contribution in [2.75, 3.05) is 30.4 Å². The molecule has 1 fully saturated rings. The summed E-state index contributed by atoms with van der Waals surface area (Å²) in [6.07, 6.45) is 4.95. The molecule has 1 aliphatic rings. The van der Waals surface area contributed by atoms with Crippen LogP contribution in [0.1, 0.15) is 42.0 Å². The van der Waals surface area contributed by atoms with Crippen LogP contribution in [0.25, 0.3) is 0 Å². The number of hydrogen-bond acceptors (Lipinski definition) is 4. The van der Waals surface area contributed by atoms with Gasteiger partial charge in [-0.1, -0.05) is 25.0 Å². The van der Waals surface area contributed by atoms with Crippen LogP contribution in [0, 0.1) is 0 Å². The molecule has 1 saturated heterocycles. The van der Waals surface area contributed by atoms with E-state index in [9.17, 15) is 4.79 Å². The fourth-order valence-corrected chi connectivity index (χ4v) is 3.07. The molecule has 1 aliphatic heterocycles. The highest BCUT2D eigenvalue weighted by atomic mass is 16.5. The van der Waals surface area contributed by atoms with Gasteiger partial charge in [-0.25, -0.2) is 0 Å². The smallest absolute Gasteiger partial charge is 0.291 e. The van der Waals surface area contributed by atoms with Gasteiger partial charge in [0.1, 0.15) is 12.4 Å². The Morgan fingerprint density at radius 2 is 1.88 bits per heavy atom. The first-order chi connectivity index (χ1) is 11.8. The van der Waals surface area contributed by atoms with Crippen LogP contribution in [-0.4, -0.2) is 26.1 Å². The van der Waals surface area contributed by atoms with Crippen molar-refractivity contribution < 1.29 is 13.9 Å². The van der Waals surface area contributed by atoms with Crippen LogP contribution in [0.2, 0.25) is 0 Å². The lowest BCUT2D eigenvalue weighted by Gasteiger charge is -2.25. The van der Waals surface area contributed by atoms with E-state index in [0.29, 0.717) is 18.1 Å². The number of nitrogens with zero attached hydrogens (tertiary/aromatic N) is 1. The molecule has 1 N–H and O–H groups in total. The van der Waals surface area contributed by atoms with Gasteiger partial charge in [-0.3, -0.25) is 4.79 Å². The molecule has 0 atom stereocenters. The zero-order valence-corrected chi connectivity index (χ0v) is 14.1. The molecule has 0 unspecified atom stereocenters. The standard InChI is InChI=1S/C19H24N2O3/c1-23-14-15-10-11-18(24-15)19(22)20-16-8-4-5-9-17(16)21-12-6-2-3-7-13-21/h4-5,8-11H,2-3,6-7,12-14H2,1H3,(H,20,22). The molecule has 0 spiro atoms. The minimum absolute atomic E-state index is 0.236. The number of benzene rings is 1. The van der Waals surface area contributed by atoms with E-state index in [1.165, 1.54) is 25.7 Å². The Balaban J connectivity index is 1.75. The van der Waals surface area contributed by atoms with Crippen molar-refractivity contribution in [1.82, 2.24) is 0 Å². The van der Waals surface area contributed by atoms with Crippen LogP contribution in [0.3, 0.4) is 0 Å². The molecule has 1 aromatic carbocycles. The fraction of sp³-hybridized carbons (Fsp3) is 0.421. The number of amides is 1. The fourth-order valence-electron chi connectivity index (χ4n) is 3.07. The molecule has 1 aromatic heterocycles. The van der Waals surface area contributed by atoms with Crippen LogP contribution in [0.15, 0.2) is 40.8 Å². The van der Waals surface area contributed by atoms with Gasteiger partial charge in [0.2, 0.25) is 0 Å². The summed E-state index contributed by atoms with van der Waals surface area (Å²) in [6, 6.07) is 11.4. The van der Waals surface area contributed by atoms with Crippen molar-refractivity contribution >= 4 is 17.3 Å². The van der Waals surface area contributed by atoms with Gasteiger partial charge in [-0.2, -0.15) is 0 Å². The van der Waals surface area contributed by atoms with E-state index in [-0.39, 0.29) is 5.91 Å². The average molecular weight is 328 g/mol. The van der Waals surface area contributed by atoms with Gasteiger partial charge in [0.25, 0.3) is 5.91 Å². The summed E-state index contributed by atoms with van der Waals surface area (Å²) >= 11 is 0. The Morgan fingerprint density at radius 1 is 1.12 bits per heavy atom.